The molecule has 0 spiro atoms. The average Bonchev–Trinajstić information content (AvgIpc) is 2.28. The van der Waals surface area contributed by atoms with Gasteiger partial charge in [-0.25, -0.2) is 0 Å². The molecule has 0 bridgehead atoms. The fourth-order valence-electron chi connectivity index (χ4n) is 0.789. The molecule has 0 saturated carbocycles. The highest BCUT2D eigenvalue weighted by atomic mass is 16.3. The van der Waals surface area contributed by atoms with Gasteiger partial charge in [0.05, 0.1) is 0 Å². The van der Waals surface area contributed by atoms with E-state index in [1.165, 1.54) is 6.07 Å². The maximum atomic E-state index is 8.98. The first-order valence-corrected chi connectivity index (χ1v) is 5.25. The van der Waals surface area contributed by atoms with Crippen LogP contribution in [0.2, 0.25) is 0 Å². The summed E-state index contributed by atoms with van der Waals surface area (Å²) in [6, 6.07) is 4.85. The molecule has 0 radical (unpaired) electrons. The second kappa shape index (κ2) is 9.90. The van der Waals surface area contributed by atoms with Crippen molar-refractivity contribution >= 4 is 0 Å². The summed E-state index contributed by atoms with van der Waals surface area (Å²) in [5.74, 6) is -0.100. The highest BCUT2D eigenvalue weighted by molar-refractivity contribution is 5.40. The minimum atomic E-state index is -0.0581. The molecule has 0 aromatic heterocycles. The molecule has 0 aliphatic rings. The average molecular weight is 198 g/mol. The molecule has 0 aliphatic carbocycles. The molecule has 0 amide bonds. The molecule has 0 unspecified atom stereocenters. The van der Waals surface area contributed by atoms with E-state index in [1.807, 2.05) is 34.6 Å². The van der Waals surface area contributed by atoms with Gasteiger partial charge in [0.15, 0.2) is 11.5 Å². The largest absolute Gasteiger partial charge is 0.504 e. The van der Waals surface area contributed by atoms with E-state index < -0.39 is 0 Å². The summed E-state index contributed by atoms with van der Waals surface area (Å²) in [5.41, 5.74) is 1.02. The molecule has 14 heavy (non-hydrogen) atoms. The van der Waals surface area contributed by atoms with Gasteiger partial charge in [-0.3, -0.25) is 0 Å². The molecule has 1 aromatic carbocycles. The third-order valence-electron chi connectivity index (χ3n) is 1.45. The van der Waals surface area contributed by atoms with Crippen LogP contribution in [0.3, 0.4) is 0 Å². The van der Waals surface area contributed by atoms with E-state index in [2.05, 4.69) is 0 Å². The van der Waals surface area contributed by atoms with Crippen molar-refractivity contribution in [2.24, 2.45) is 0 Å². The van der Waals surface area contributed by atoms with Gasteiger partial charge in [0.1, 0.15) is 0 Å². The van der Waals surface area contributed by atoms with Gasteiger partial charge in [-0.15, -0.1) is 0 Å². The molecule has 0 fully saturated rings. The van der Waals surface area contributed by atoms with Gasteiger partial charge >= 0.3 is 0 Å². The van der Waals surface area contributed by atoms with Gasteiger partial charge in [-0.2, -0.15) is 0 Å². The fraction of sp³-hybridized carbons (Fsp3) is 0.500. The topological polar surface area (TPSA) is 40.5 Å². The van der Waals surface area contributed by atoms with Gasteiger partial charge in [-0.05, 0) is 24.1 Å². The van der Waals surface area contributed by atoms with Crippen molar-refractivity contribution in [2.75, 3.05) is 0 Å². The highest BCUT2D eigenvalue weighted by Gasteiger charge is 1.97. The van der Waals surface area contributed by atoms with E-state index in [-0.39, 0.29) is 11.5 Å². The maximum Gasteiger partial charge on any atom is 0.157 e. The Balaban J connectivity index is 0. The van der Waals surface area contributed by atoms with E-state index >= 15 is 0 Å². The lowest BCUT2D eigenvalue weighted by Gasteiger charge is -1.98. The molecule has 0 heterocycles. The number of aromatic hydroxyl groups is 2. The van der Waals surface area contributed by atoms with Crippen molar-refractivity contribution in [3.05, 3.63) is 23.8 Å². The van der Waals surface area contributed by atoms with Crippen LogP contribution in [0.15, 0.2) is 18.2 Å². The van der Waals surface area contributed by atoms with Gasteiger partial charge in [0.25, 0.3) is 0 Å². The lowest BCUT2D eigenvalue weighted by atomic mass is 10.1. The summed E-state index contributed by atoms with van der Waals surface area (Å²) in [7, 11) is 0. The fourth-order valence-corrected chi connectivity index (χ4v) is 0.789. The molecule has 0 aliphatic heterocycles. The molecule has 0 saturated heterocycles. The van der Waals surface area contributed by atoms with E-state index in [1.54, 1.807) is 12.1 Å². The standard InChI is InChI=1S/C8H10O2.2C2H6/c1-2-6-3-4-7(9)8(10)5-6;2*1-2/h3-5,9-10H,2H2,1H3;2*1-2H3. The monoisotopic (exact) mass is 198 g/mol. The number of aryl methyl sites for hydroxylation is 1. The third-order valence-corrected chi connectivity index (χ3v) is 1.45. The van der Waals surface area contributed by atoms with E-state index in [4.69, 9.17) is 10.2 Å². The SMILES string of the molecule is CC.CC.CCc1ccc(O)c(O)c1. The van der Waals surface area contributed by atoms with Crippen molar-refractivity contribution in [3.8, 4) is 11.5 Å². The van der Waals surface area contributed by atoms with Crippen LogP contribution in [0.4, 0.5) is 0 Å². The lowest BCUT2D eigenvalue weighted by Crippen LogP contribution is -1.77. The summed E-state index contributed by atoms with van der Waals surface area (Å²) in [6.07, 6.45) is 0.869. The zero-order chi connectivity index (χ0) is 11.6. The zero-order valence-electron chi connectivity index (χ0n) is 9.83. The number of phenols is 2. The van der Waals surface area contributed by atoms with Crippen LogP contribution in [-0.2, 0) is 6.42 Å². The Labute approximate surface area is 87.2 Å². The number of rotatable bonds is 1. The lowest BCUT2D eigenvalue weighted by molar-refractivity contribution is 0.403. The Morgan fingerprint density at radius 3 is 1.79 bits per heavy atom. The number of hydrogen-bond donors (Lipinski definition) is 2. The first-order chi connectivity index (χ1) is 6.74. The second-order valence-electron chi connectivity index (χ2n) is 2.18. The molecule has 1 aromatic rings. The first-order valence-electron chi connectivity index (χ1n) is 5.25. The van der Waals surface area contributed by atoms with Crippen molar-refractivity contribution in [2.45, 2.75) is 41.0 Å². The summed E-state index contributed by atoms with van der Waals surface area (Å²) < 4.78 is 0. The van der Waals surface area contributed by atoms with Crippen LogP contribution in [0, 0.1) is 0 Å². The Morgan fingerprint density at radius 2 is 1.43 bits per heavy atom. The molecule has 2 N–H and O–H groups in total. The van der Waals surface area contributed by atoms with Gasteiger partial charge in [-0.1, -0.05) is 40.7 Å². The third kappa shape index (κ3) is 5.46. The van der Waals surface area contributed by atoms with Crippen molar-refractivity contribution < 1.29 is 10.2 Å². The molecule has 1 rings (SSSR count). The van der Waals surface area contributed by atoms with E-state index in [9.17, 15) is 0 Å². The normalized spacial score (nSPS) is 7.79. The Kier molecular flexibility index (Phi) is 10.8. The van der Waals surface area contributed by atoms with E-state index in [0.717, 1.165) is 12.0 Å². The van der Waals surface area contributed by atoms with Crippen LogP contribution in [0.5, 0.6) is 11.5 Å². The van der Waals surface area contributed by atoms with Crippen LogP contribution >= 0.6 is 0 Å². The number of phenolic OH excluding ortho intramolecular Hbond substituents is 2. The quantitative estimate of drug-likeness (QED) is 0.675. The van der Waals surface area contributed by atoms with Crippen LogP contribution in [0.25, 0.3) is 0 Å². The molecular formula is C12H22O2. The number of benzene rings is 1. The minimum absolute atomic E-state index is 0.0423. The zero-order valence-corrected chi connectivity index (χ0v) is 9.83. The first kappa shape index (κ1) is 15.3. The Hall–Kier alpha value is -1.18. The van der Waals surface area contributed by atoms with Crippen LogP contribution in [-0.4, -0.2) is 10.2 Å². The van der Waals surface area contributed by atoms with E-state index in [0.29, 0.717) is 0 Å². The summed E-state index contributed by atoms with van der Waals surface area (Å²) in [4.78, 5) is 0. The van der Waals surface area contributed by atoms with Crippen LogP contribution < -0.4 is 0 Å². The Bertz CT molecular complexity index is 232. The van der Waals surface area contributed by atoms with Crippen LogP contribution in [0.1, 0.15) is 40.2 Å². The number of hydrogen-bond acceptors (Lipinski definition) is 2. The predicted octanol–water partition coefficient (Wildman–Crippen LogP) is 3.71. The Morgan fingerprint density at radius 1 is 0.929 bits per heavy atom. The van der Waals surface area contributed by atoms with Gasteiger partial charge in [0.2, 0.25) is 0 Å². The van der Waals surface area contributed by atoms with Crippen molar-refractivity contribution in [1.82, 2.24) is 0 Å². The van der Waals surface area contributed by atoms with Gasteiger partial charge < -0.3 is 10.2 Å². The second-order valence-corrected chi connectivity index (χ2v) is 2.18. The molecule has 2 nitrogen and oxygen atoms in total. The van der Waals surface area contributed by atoms with Crippen molar-refractivity contribution in [1.29, 1.82) is 0 Å². The minimum Gasteiger partial charge on any atom is -0.504 e. The molecule has 2 heteroatoms. The predicted molar refractivity (Wildman–Crippen MR) is 61.8 cm³/mol. The molecule has 0 atom stereocenters. The molecular weight excluding hydrogens is 176 g/mol. The highest BCUT2D eigenvalue weighted by Crippen LogP contribution is 2.24. The maximum absolute atomic E-state index is 8.98. The smallest absolute Gasteiger partial charge is 0.157 e. The van der Waals surface area contributed by atoms with Gasteiger partial charge in [0, 0.05) is 0 Å². The summed E-state index contributed by atoms with van der Waals surface area (Å²) >= 11 is 0. The summed E-state index contributed by atoms with van der Waals surface area (Å²) in [5, 5.41) is 17.9. The van der Waals surface area contributed by atoms with Crippen molar-refractivity contribution in [3.63, 3.8) is 0 Å². The molecule has 82 valence electrons. The summed E-state index contributed by atoms with van der Waals surface area (Å²) in [6.45, 7) is 9.99.